The zero-order valence-corrected chi connectivity index (χ0v) is 13.8. The minimum absolute atomic E-state index is 0.141. The average molecular weight is 323 g/mol. The highest BCUT2D eigenvalue weighted by Crippen LogP contribution is 2.29. The Morgan fingerprint density at radius 1 is 1.22 bits per heavy atom. The molecular weight excluding hydrogens is 298 g/mol. The summed E-state index contributed by atoms with van der Waals surface area (Å²) in [6, 6.07) is -0.143. The normalized spacial score (nSPS) is 30.7. The van der Waals surface area contributed by atoms with Crippen molar-refractivity contribution in [2.75, 3.05) is 19.8 Å². The smallest absolute Gasteiger partial charge is 0.325 e. The molecule has 7 nitrogen and oxygen atoms in total. The molecule has 0 saturated carbocycles. The molecule has 4 amide bonds. The number of nitrogens with one attached hydrogen (secondary N) is 1. The summed E-state index contributed by atoms with van der Waals surface area (Å²) in [6.45, 7) is 4.79. The summed E-state index contributed by atoms with van der Waals surface area (Å²) in [7, 11) is 0. The van der Waals surface area contributed by atoms with Gasteiger partial charge in [0.2, 0.25) is 5.91 Å². The van der Waals surface area contributed by atoms with Crippen LogP contribution in [-0.4, -0.2) is 65.0 Å². The highest BCUT2D eigenvalue weighted by atomic mass is 16.5. The lowest BCUT2D eigenvalue weighted by molar-refractivity contribution is -0.143. The topological polar surface area (TPSA) is 79.0 Å². The number of hydrogen-bond donors (Lipinski definition) is 1. The lowest BCUT2D eigenvalue weighted by Crippen LogP contribution is -2.53. The third-order valence-electron chi connectivity index (χ3n) is 5.37. The predicted molar refractivity (Wildman–Crippen MR) is 82.6 cm³/mol. The fraction of sp³-hybridized carbons (Fsp3) is 0.812. The van der Waals surface area contributed by atoms with Gasteiger partial charge in [0.1, 0.15) is 12.1 Å². The highest BCUT2D eigenvalue weighted by Gasteiger charge is 2.52. The molecule has 3 fully saturated rings. The highest BCUT2D eigenvalue weighted by molar-refractivity contribution is 6.09. The van der Waals surface area contributed by atoms with Gasteiger partial charge in [-0.2, -0.15) is 0 Å². The standard InChI is InChI=1S/C16H25N3O4/c1-11-4-3-5-12(2)19(11)13(20)10-18-14(21)16(17-15(18)22)6-8-23-9-7-16/h11-12H,3-10H2,1-2H3,(H,17,22)/t11-,12-/m1/s1. The number of nitrogens with zero attached hydrogens (tertiary/aromatic N) is 2. The number of amides is 4. The second-order valence-electron chi connectivity index (χ2n) is 6.95. The summed E-state index contributed by atoms with van der Waals surface area (Å²) in [5.41, 5.74) is -0.866. The van der Waals surface area contributed by atoms with Gasteiger partial charge in [-0.3, -0.25) is 14.5 Å². The number of rotatable bonds is 2. The summed E-state index contributed by atoms with van der Waals surface area (Å²) < 4.78 is 5.28. The van der Waals surface area contributed by atoms with E-state index in [-0.39, 0.29) is 30.4 Å². The maximum atomic E-state index is 12.7. The Hall–Kier alpha value is -1.63. The van der Waals surface area contributed by atoms with Gasteiger partial charge in [-0.05, 0) is 33.1 Å². The third-order valence-corrected chi connectivity index (χ3v) is 5.37. The van der Waals surface area contributed by atoms with Crippen molar-refractivity contribution in [1.82, 2.24) is 15.1 Å². The number of urea groups is 1. The average Bonchev–Trinajstić information content (AvgIpc) is 2.72. The SMILES string of the molecule is C[C@@H]1CCC[C@@H](C)N1C(=O)CN1C(=O)NC2(CCOCC2)C1=O. The first-order chi connectivity index (χ1) is 10.9. The molecule has 0 aliphatic carbocycles. The molecule has 3 aliphatic rings. The van der Waals surface area contributed by atoms with E-state index in [1.54, 1.807) is 0 Å². The molecule has 0 bridgehead atoms. The van der Waals surface area contributed by atoms with Crippen LogP contribution in [0.25, 0.3) is 0 Å². The molecule has 3 heterocycles. The summed E-state index contributed by atoms with van der Waals surface area (Å²) >= 11 is 0. The van der Waals surface area contributed by atoms with Crippen LogP contribution in [0.2, 0.25) is 0 Å². The Balaban J connectivity index is 1.71. The van der Waals surface area contributed by atoms with E-state index in [4.69, 9.17) is 4.74 Å². The van der Waals surface area contributed by atoms with Gasteiger partial charge in [0.15, 0.2) is 0 Å². The number of carbonyl (C=O) groups is 3. The number of hydrogen-bond acceptors (Lipinski definition) is 4. The van der Waals surface area contributed by atoms with Gasteiger partial charge in [-0.1, -0.05) is 0 Å². The number of likely N-dealkylation sites (tertiary alicyclic amines) is 1. The van der Waals surface area contributed by atoms with Crippen molar-refractivity contribution in [3.8, 4) is 0 Å². The van der Waals surface area contributed by atoms with Gasteiger partial charge < -0.3 is 15.0 Å². The molecule has 128 valence electrons. The Labute approximate surface area is 136 Å². The Bertz CT molecular complexity index is 505. The van der Waals surface area contributed by atoms with Crippen LogP contribution in [0.4, 0.5) is 4.79 Å². The first-order valence-electron chi connectivity index (χ1n) is 8.48. The number of piperidine rings is 1. The first-order valence-corrected chi connectivity index (χ1v) is 8.48. The van der Waals surface area contributed by atoms with Crippen molar-refractivity contribution in [2.24, 2.45) is 0 Å². The monoisotopic (exact) mass is 323 g/mol. The molecule has 2 atom stereocenters. The van der Waals surface area contributed by atoms with Gasteiger partial charge in [-0.25, -0.2) is 4.79 Å². The lowest BCUT2D eigenvalue weighted by atomic mass is 9.90. The zero-order chi connectivity index (χ0) is 16.6. The minimum Gasteiger partial charge on any atom is -0.381 e. The van der Waals surface area contributed by atoms with E-state index in [0.29, 0.717) is 26.1 Å². The van der Waals surface area contributed by atoms with Gasteiger partial charge in [0.05, 0.1) is 0 Å². The van der Waals surface area contributed by atoms with E-state index in [1.807, 2.05) is 18.7 Å². The molecule has 23 heavy (non-hydrogen) atoms. The van der Waals surface area contributed by atoms with E-state index in [1.165, 1.54) is 0 Å². The van der Waals surface area contributed by atoms with Gasteiger partial charge in [-0.15, -0.1) is 0 Å². The maximum Gasteiger partial charge on any atom is 0.325 e. The van der Waals surface area contributed by atoms with Crippen molar-refractivity contribution < 1.29 is 19.1 Å². The minimum atomic E-state index is -0.866. The fourth-order valence-electron chi connectivity index (χ4n) is 4.01. The quantitative estimate of drug-likeness (QED) is 0.765. The molecule has 0 aromatic carbocycles. The van der Waals surface area contributed by atoms with Crippen molar-refractivity contribution in [3.63, 3.8) is 0 Å². The van der Waals surface area contributed by atoms with Crippen molar-refractivity contribution in [2.45, 2.75) is 63.6 Å². The Morgan fingerprint density at radius 2 is 1.83 bits per heavy atom. The molecular formula is C16H25N3O4. The molecule has 3 saturated heterocycles. The fourth-order valence-corrected chi connectivity index (χ4v) is 4.01. The van der Waals surface area contributed by atoms with Gasteiger partial charge in [0, 0.05) is 38.1 Å². The summed E-state index contributed by atoms with van der Waals surface area (Å²) in [5, 5.41) is 2.79. The third kappa shape index (κ3) is 2.82. The maximum absolute atomic E-state index is 12.7. The molecule has 0 radical (unpaired) electrons. The number of carbonyl (C=O) groups excluding carboxylic acids is 3. The van der Waals surface area contributed by atoms with Crippen LogP contribution in [-0.2, 0) is 14.3 Å². The van der Waals surface area contributed by atoms with E-state index >= 15 is 0 Å². The summed E-state index contributed by atoms with van der Waals surface area (Å²) in [4.78, 5) is 40.5. The van der Waals surface area contributed by atoms with Gasteiger partial charge >= 0.3 is 6.03 Å². The van der Waals surface area contributed by atoms with E-state index in [2.05, 4.69) is 5.32 Å². The number of ether oxygens (including phenoxy) is 1. The van der Waals surface area contributed by atoms with Crippen LogP contribution in [0.5, 0.6) is 0 Å². The van der Waals surface area contributed by atoms with Crippen molar-refractivity contribution in [1.29, 1.82) is 0 Å². The number of imide groups is 1. The van der Waals surface area contributed by atoms with Crippen molar-refractivity contribution in [3.05, 3.63) is 0 Å². The second kappa shape index (κ2) is 6.11. The van der Waals surface area contributed by atoms with Crippen molar-refractivity contribution >= 4 is 17.8 Å². The lowest BCUT2D eigenvalue weighted by Gasteiger charge is -2.39. The van der Waals surface area contributed by atoms with Crippen LogP contribution in [0.15, 0.2) is 0 Å². The molecule has 1 spiro atoms. The van der Waals surface area contributed by atoms with E-state index in [0.717, 1.165) is 24.2 Å². The molecule has 7 heteroatoms. The van der Waals surface area contributed by atoms with Crippen LogP contribution in [0.3, 0.4) is 0 Å². The summed E-state index contributed by atoms with van der Waals surface area (Å²) in [6.07, 6.45) is 3.99. The van der Waals surface area contributed by atoms with Crippen LogP contribution >= 0.6 is 0 Å². The van der Waals surface area contributed by atoms with Crippen LogP contribution < -0.4 is 5.32 Å². The molecule has 0 aromatic heterocycles. The Kier molecular flexibility index (Phi) is 4.31. The molecule has 0 unspecified atom stereocenters. The first kappa shape index (κ1) is 16.2. The van der Waals surface area contributed by atoms with Gasteiger partial charge in [0.25, 0.3) is 5.91 Å². The van der Waals surface area contributed by atoms with E-state index in [9.17, 15) is 14.4 Å². The molecule has 1 N–H and O–H groups in total. The summed E-state index contributed by atoms with van der Waals surface area (Å²) in [5.74, 6) is -0.422. The predicted octanol–water partition coefficient (Wildman–Crippen LogP) is 0.877. The molecule has 0 aromatic rings. The van der Waals surface area contributed by atoms with Crippen LogP contribution in [0.1, 0.15) is 46.0 Å². The Morgan fingerprint density at radius 3 is 2.43 bits per heavy atom. The second-order valence-corrected chi connectivity index (χ2v) is 6.95. The zero-order valence-electron chi connectivity index (χ0n) is 13.8. The molecule has 3 aliphatic heterocycles. The molecule has 3 rings (SSSR count). The largest absolute Gasteiger partial charge is 0.381 e. The van der Waals surface area contributed by atoms with E-state index < -0.39 is 11.6 Å². The van der Waals surface area contributed by atoms with Crippen LogP contribution in [0, 0.1) is 0 Å².